The van der Waals surface area contributed by atoms with Crippen LogP contribution in [0.25, 0.3) is 0 Å². The third-order valence-corrected chi connectivity index (χ3v) is 5.99. The van der Waals surface area contributed by atoms with Crippen molar-refractivity contribution in [2.24, 2.45) is 0 Å². The van der Waals surface area contributed by atoms with E-state index in [2.05, 4.69) is 0 Å². The number of ether oxygens (including phenoxy) is 1. The van der Waals surface area contributed by atoms with Crippen molar-refractivity contribution in [2.75, 3.05) is 11.5 Å². The van der Waals surface area contributed by atoms with Crippen LogP contribution in [-0.4, -0.2) is 23.6 Å². The number of hydrogen-bond acceptors (Lipinski definition) is 5. The first-order chi connectivity index (χ1) is 13.5. The number of phenolic OH excluding ortho intramolecular Hbond substituents is 1. The molecule has 0 aliphatic carbocycles. The van der Waals surface area contributed by atoms with Gasteiger partial charge in [-0.3, -0.25) is 9.69 Å². The number of phenols is 1. The van der Waals surface area contributed by atoms with Crippen molar-refractivity contribution in [1.29, 1.82) is 0 Å². The Bertz CT molecular complexity index is 1040. The molecule has 1 heterocycles. The van der Waals surface area contributed by atoms with Crippen LogP contribution >= 0.6 is 34.4 Å². The maximum Gasteiger partial charge on any atom is 0.342 e. The fraction of sp³-hybridized carbons (Fsp3) is 0.0476. The van der Waals surface area contributed by atoms with Crippen molar-refractivity contribution in [3.8, 4) is 5.75 Å². The largest absolute Gasteiger partial charge is 0.507 e. The monoisotopic (exact) mass is 503 g/mol. The summed E-state index contributed by atoms with van der Waals surface area (Å²) in [6, 6.07) is 19.8. The molecule has 3 aromatic rings. The minimum absolute atomic E-state index is 0.0368. The molecule has 1 amide bonds. The molecule has 0 spiro atoms. The number of benzene rings is 3. The summed E-state index contributed by atoms with van der Waals surface area (Å²) in [7, 11) is 0. The fourth-order valence-corrected chi connectivity index (χ4v) is 4.46. The Morgan fingerprint density at radius 3 is 2.21 bits per heavy atom. The Labute approximate surface area is 179 Å². The Kier molecular flexibility index (Phi) is 5.27. The van der Waals surface area contributed by atoms with Gasteiger partial charge >= 0.3 is 5.97 Å². The molecule has 0 saturated carbocycles. The number of hydrogen-bond donors (Lipinski definition) is 1. The molecule has 28 heavy (non-hydrogen) atoms. The second-order valence-corrected chi connectivity index (χ2v) is 8.33. The highest BCUT2D eigenvalue weighted by molar-refractivity contribution is 14.1. The van der Waals surface area contributed by atoms with Crippen LogP contribution < -0.4 is 4.90 Å². The number of amides is 1. The molecule has 0 unspecified atom stereocenters. The number of carbonyl (C=O) groups is 2. The average Bonchev–Trinajstić information content (AvgIpc) is 2.71. The van der Waals surface area contributed by atoms with E-state index in [1.165, 1.54) is 12.1 Å². The lowest BCUT2D eigenvalue weighted by molar-refractivity contribution is -0.121. The molecule has 0 saturated heterocycles. The maximum atomic E-state index is 13.0. The summed E-state index contributed by atoms with van der Waals surface area (Å²) in [5, 5.41) is 9.88. The van der Waals surface area contributed by atoms with Crippen molar-refractivity contribution in [3.05, 3.63) is 75.9 Å². The van der Waals surface area contributed by atoms with Gasteiger partial charge in [-0.2, -0.15) is 0 Å². The minimum atomic E-state index is -0.739. The van der Waals surface area contributed by atoms with Crippen molar-refractivity contribution in [2.45, 2.75) is 9.79 Å². The molecule has 0 atom stereocenters. The quantitative estimate of drug-likeness (QED) is 0.404. The van der Waals surface area contributed by atoms with Gasteiger partial charge in [0.15, 0.2) is 6.61 Å². The van der Waals surface area contributed by atoms with Crippen molar-refractivity contribution in [1.82, 2.24) is 0 Å². The Balaban J connectivity index is 1.59. The van der Waals surface area contributed by atoms with Gasteiger partial charge < -0.3 is 9.84 Å². The first kappa shape index (κ1) is 18.8. The molecule has 0 bridgehead atoms. The van der Waals surface area contributed by atoms with Crippen LogP contribution in [-0.2, 0) is 9.53 Å². The van der Waals surface area contributed by atoms with Gasteiger partial charge in [0.25, 0.3) is 5.91 Å². The number of carbonyl (C=O) groups excluding carboxylic acids is 2. The summed E-state index contributed by atoms with van der Waals surface area (Å²) in [4.78, 5) is 28.8. The summed E-state index contributed by atoms with van der Waals surface area (Å²) in [6.45, 7) is -0.433. The predicted molar refractivity (Wildman–Crippen MR) is 115 cm³/mol. The van der Waals surface area contributed by atoms with E-state index in [0.717, 1.165) is 24.7 Å². The average molecular weight is 503 g/mol. The van der Waals surface area contributed by atoms with E-state index in [0.29, 0.717) is 0 Å². The highest BCUT2D eigenvalue weighted by Crippen LogP contribution is 2.47. The SMILES string of the molecule is O=C(OCC(=O)N1c2ccccc2Sc2ccccc21)c1cc(I)ccc1O. The zero-order valence-electron chi connectivity index (χ0n) is 14.5. The molecular formula is C21H14INO4S. The summed E-state index contributed by atoms with van der Waals surface area (Å²) in [5.41, 5.74) is 1.54. The summed E-state index contributed by atoms with van der Waals surface area (Å²) in [6.07, 6.45) is 0. The smallest absolute Gasteiger partial charge is 0.342 e. The maximum absolute atomic E-state index is 13.0. The van der Waals surface area contributed by atoms with Crippen molar-refractivity contribution in [3.63, 3.8) is 0 Å². The van der Waals surface area contributed by atoms with E-state index in [1.54, 1.807) is 22.7 Å². The van der Waals surface area contributed by atoms with Gasteiger partial charge in [0.1, 0.15) is 11.3 Å². The first-order valence-corrected chi connectivity index (χ1v) is 10.3. The number of para-hydroxylation sites is 2. The highest BCUT2D eigenvalue weighted by Gasteiger charge is 2.28. The molecule has 0 radical (unpaired) electrons. The molecule has 0 aromatic heterocycles. The van der Waals surface area contributed by atoms with Crippen molar-refractivity contribution < 1.29 is 19.4 Å². The number of anilines is 2. The van der Waals surface area contributed by atoms with Gasteiger partial charge in [0.05, 0.1) is 11.4 Å². The molecule has 4 rings (SSSR count). The van der Waals surface area contributed by atoms with Crippen LogP contribution in [0.2, 0.25) is 0 Å². The Morgan fingerprint density at radius 1 is 0.964 bits per heavy atom. The van der Waals surface area contributed by atoms with Gasteiger partial charge in [0.2, 0.25) is 0 Å². The highest BCUT2D eigenvalue weighted by atomic mass is 127. The Hall–Kier alpha value is -2.52. The molecule has 1 aliphatic heterocycles. The van der Waals surface area contributed by atoms with Crippen LogP contribution in [0.5, 0.6) is 5.75 Å². The number of fused-ring (bicyclic) bond motifs is 2. The number of halogens is 1. The van der Waals surface area contributed by atoms with Gasteiger partial charge in [-0.1, -0.05) is 36.0 Å². The third kappa shape index (κ3) is 3.59. The predicted octanol–water partition coefficient (Wildman–Crippen LogP) is 4.98. The van der Waals surface area contributed by atoms with Crippen LogP contribution in [0.4, 0.5) is 11.4 Å². The normalized spacial score (nSPS) is 12.1. The first-order valence-electron chi connectivity index (χ1n) is 8.39. The lowest BCUT2D eigenvalue weighted by atomic mass is 10.2. The van der Waals surface area contributed by atoms with E-state index in [-0.39, 0.29) is 17.2 Å². The van der Waals surface area contributed by atoms with E-state index < -0.39 is 12.6 Å². The molecule has 7 heteroatoms. The zero-order valence-corrected chi connectivity index (χ0v) is 17.4. The van der Waals surface area contributed by atoms with Crippen molar-refractivity contribution >= 4 is 57.6 Å². The lowest BCUT2D eigenvalue weighted by Gasteiger charge is -2.30. The van der Waals surface area contributed by atoms with E-state index in [1.807, 2.05) is 71.1 Å². The Morgan fingerprint density at radius 2 is 1.57 bits per heavy atom. The van der Waals surface area contributed by atoms with Gasteiger partial charge in [0, 0.05) is 13.4 Å². The topological polar surface area (TPSA) is 66.8 Å². The molecule has 3 aromatic carbocycles. The van der Waals surface area contributed by atoms with E-state index >= 15 is 0 Å². The van der Waals surface area contributed by atoms with Crippen LogP contribution in [0.3, 0.4) is 0 Å². The van der Waals surface area contributed by atoms with Crippen LogP contribution in [0.15, 0.2) is 76.5 Å². The summed E-state index contributed by atoms with van der Waals surface area (Å²) >= 11 is 3.63. The minimum Gasteiger partial charge on any atom is -0.507 e. The van der Waals surface area contributed by atoms with Gasteiger partial charge in [-0.25, -0.2) is 4.79 Å². The molecule has 0 fully saturated rings. The summed E-state index contributed by atoms with van der Waals surface area (Å²) < 4.78 is 5.99. The zero-order chi connectivity index (χ0) is 19.7. The second kappa shape index (κ2) is 7.84. The third-order valence-electron chi connectivity index (χ3n) is 4.19. The molecular weight excluding hydrogens is 489 g/mol. The molecule has 1 aliphatic rings. The molecule has 5 nitrogen and oxygen atoms in total. The number of esters is 1. The van der Waals surface area contributed by atoms with E-state index in [4.69, 9.17) is 4.74 Å². The van der Waals surface area contributed by atoms with Gasteiger partial charge in [-0.15, -0.1) is 0 Å². The second-order valence-electron chi connectivity index (χ2n) is 6.00. The molecule has 1 N–H and O–H groups in total. The number of rotatable bonds is 3. The molecule has 140 valence electrons. The lowest BCUT2D eigenvalue weighted by Crippen LogP contribution is -2.32. The summed E-state index contributed by atoms with van der Waals surface area (Å²) in [5.74, 6) is -1.28. The van der Waals surface area contributed by atoms with Gasteiger partial charge in [-0.05, 0) is 65.1 Å². The fourth-order valence-electron chi connectivity index (χ4n) is 2.91. The van der Waals surface area contributed by atoms with Crippen LogP contribution in [0, 0.1) is 3.57 Å². The number of nitrogens with zero attached hydrogens (tertiary/aromatic N) is 1. The standard InChI is InChI=1S/C21H14INO4S/c22-13-9-10-17(24)14(11-13)21(26)27-12-20(25)23-15-5-1-3-7-18(15)28-19-8-4-2-6-16(19)23/h1-11,24H,12H2. The van der Waals surface area contributed by atoms with Crippen LogP contribution in [0.1, 0.15) is 10.4 Å². The van der Waals surface area contributed by atoms with E-state index in [9.17, 15) is 14.7 Å². The number of aromatic hydroxyl groups is 1.